The minimum absolute atomic E-state index is 0.0122. The van der Waals surface area contributed by atoms with Crippen molar-refractivity contribution in [3.8, 4) is 0 Å². The highest BCUT2D eigenvalue weighted by Crippen LogP contribution is 2.22. The lowest BCUT2D eigenvalue weighted by Crippen LogP contribution is -2.38. The average Bonchev–Trinajstić information content (AvgIpc) is 2.48. The van der Waals surface area contributed by atoms with Gasteiger partial charge in [0.15, 0.2) is 0 Å². The number of carbonyl (C=O) groups is 1. The number of nitrogens with one attached hydrogen (secondary N) is 1. The third-order valence-corrected chi connectivity index (χ3v) is 4.00. The number of carbonyl (C=O) groups excluding carboxylic acids is 1. The second kappa shape index (κ2) is 6.46. The van der Waals surface area contributed by atoms with Crippen LogP contribution < -0.4 is 5.32 Å². The highest BCUT2D eigenvalue weighted by atomic mass is 35.5. The molecule has 2 rings (SSSR count). The van der Waals surface area contributed by atoms with E-state index in [1.165, 1.54) is 24.3 Å². The fraction of sp³-hybridized carbons (Fsp3) is 0.235. The van der Waals surface area contributed by atoms with Crippen LogP contribution in [0.1, 0.15) is 28.4 Å². The summed E-state index contributed by atoms with van der Waals surface area (Å²) in [7, 11) is 0. The van der Waals surface area contributed by atoms with Gasteiger partial charge in [0, 0.05) is 0 Å². The Morgan fingerprint density at radius 3 is 2.55 bits per heavy atom. The van der Waals surface area contributed by atoms with Crippen LogP contribution in [0.25, 0.3) is 0 Å². The summed E-state index contributed by atoms with van der Waals surface area (Å²) in [5, 5.41) is 13.5. The molecule has 3 nitrogen and oxygen atoms in total. The summed E-state index contributed by atoms with van der Waals surface area (Å²) < 4.78 is 12.9. The van der Waals surface area contributed by atoms with Gasteiger partial charge in [0.2, 0.25) is 0 Å². The molecule has 1 amide bonds. The predicted octanol–water partition coefficient (Wildman–Crippen LogP) is 3.43. The molecular weight excluding hydrogens is 305 g/mol. The third-order valence-electron chi connectivity index (χ3n) is 3.50. The highest BCUT2D eigenvalue weighted by Gasteiger charge is 2.24. The first kappa shape index (κ1) is 16.5. The van der Waals surface area contributed by atoms with Crippen LogP contribution >= 0.6 is 11.6 Å². The maximum absolute atomic E-state index is 12.9. The standard InChI is InChI=1S/C17H17ClFNO2/c1-11-4-3-5-14(15(11)18)16(21)20-10-17(2,22)12-6-8-13(19)9-7-12/h3-9,22H,10H2,1-2H3,(H,20,21). The van der Waals surface area contributed by atoms with Crippen molar-refractivity contribution < 1.29 is 14.3 Å². The molecule has 0 aromatic heterocycles. The molecule has 2 aromatic rings. The van der Waals surface area contributed by atoms with Crippen LogP contribution in [-0.2, 0) is 5.60 Å². The third kappa shape index (κ3) is 3.64. The Kier molecular flexibility index (Phi) is 4.84. The zero-order valence-electron chi connectivity index (χ0n) is 12.4. The molecule has 116 valence electrons. The van der Waals surface area contributed by atoms with Gasteiger partial charge in [-0.2, -0.15) is 0 Å². The van der Waals surface area contributed by atoms with E-state index in [1.807, 2.05) is 13.0 Å². The second-order valence-electron chi connectivity index (χ2n) is 5.40. The number of hydrogen-bond donors (Lipinski definition) is 2. The van der Waals surface area contributed by atoms with Crippen molar-refractivity contribution >= 4 is 17.5 Å². The molecule has 0 radical (unpaired) electrons. The molecule has 22 heavy (non-hydrogen) atoms. The number of aryl methyl sites for hydroxylation is 1. The van der Waals surface area contributed by atoms with Gasteiger partial charge in [0.1, 0.15) is 11.4 Å². The Labute approximate surface area is 133 Å². The smallest absolute Gasteiger partial charge is 0.252 e. The maximum atomic E-state index is 12.9. The topological polar surface area (TPSA) is 49.3 Å². The largest absolute Gasteiger partial charge is 0.384 e. The molecular formula is C17H17ClFNO2. The van der Waals surface area contributed by atoms with Crippen LogP contribution in [0.3, 0.4) is 0 Å². The van der Waals surface area contributed by atoms with Crippen LogP contribution in [-0.4, -0.2) is 17.6 Å². The monoisotopic (exact) mass is 321 g/mol. The van der Waals surface area contributed by atoms with E-state index in [0.717, 1.165) is 5.56 Å². The summed E-state index contributed by atoms with van der Waals surface area (Å²) >= 11 is 6.11. The Bertz CT molecular complexity index is 684. The first-order valence-electron chi connectivity index (χ1n) is 6.83. The number of rotatable bonds is 4. The van der Waals surface area contributed by atoms with Crippen molar-refractivity contribution in [1.82, 2.24) is 5.32 Å². The van der Waals surface area contributed by atoms with Crippen LogP contribution in [0.2, 0.25) is 5.02 Å². The van der Waals surface area contributed by atoms with Crippen LogP contribution in [0, 0.1) is 12.7 Å². The lowest BCUT2D eigenvalue weighted by molar-refractivity contribution is 0.0526. The van der Waals surface area contributed by atoms with Crippen LogP contribution in [0.4, 0.5) is 4.39 Å². The predicted molar refractivity (Wildman–Crippen MR) is 84.5 cm³/mol. The minimum atomic E-state index is -1.31. The zero-order valence-corrected chi connectivity index (χ0v) is 13.1. The molecule has 0 aliphatic heterocycles. The fourth-order valence-electron chi connectivity index (χ4n) is 2.08. The van der Waals surface area contributed by atoms with E-state index < -0.39 is 5.60 Å². The minimum Gasteiger partial charge on any atom is -0.384 e. The van der Waals surface area contributed by atoms with E-state index in [4.69, 9.17) is 11.6 Å². The van der Waals surface area contributed by atoms with Gasteiger partial charge in [-0.1, -0.05) is 35.9 Å². The zero-order chi connectivity index (χ0) is 16.3. The van der Waals surface area contributed by atoms with Crippen molar-refractivity contribution in [2.45, 2.75) is 19.4 Å². The molecule has 2 aromatic carbocycles. The molecule has 5 heteroatoms. The molecule has 0 fully saturated rings. The van der Waals surface area contributed by atoms with Gasteiger partial charge >= 0.3 is 0 Å². The fourth-order valence-corrected chi connectivity index (χ4v) is 2.29. The summed E-state index contributed by atoms with van der Waals surface area (Å²) in [5.74, 6) is -0.744. The number of benzene rings is 2. The van der Waals surface area contributed by atoms with Crippen molar-refractivity contribution in [2.75, 3.05) is 6.54 Å². The quantitative estimate of drug-likeness (QED) is 0.906. The SMILES string of the molecule is Cc1cccc(C(=O)NCC(C)(O)c2ccc(F)cc2)c1Cl. The number of hydrogen-bond acceptors (Lipinski definition) is 2. The van der Waals surface area contributed by atoms with E-state index in [0.29, 0.717) is 16.1 Å². The van der Waals surface area contributed by atoms with Gasteiger partial charge in [-0.05, 0) is 43.2 Å². The van der Waals surface area contributed by atoms with E-state index in [2.05, 4.69) is 5.32 Å². The van der Waals surface area contributed by atoms with Crippen molar-refractivity contribution in [2.24, 2.45) is 0 Å². The van der Waals surface area contributed by atoms with Gasteiger partial charge < -0.3 is 10.4 Å². The highest BCUT2D eigenvalue weighted by molar-refractivity contribution is 6.34. The molecule has 0 bridgehead atoms. The summed E-state index contributed by atoms with van der Waals surface area (Å²) in [6.45, 7) is 3.36. The Hall–Kier alpha value is -1.91. The molecule has 0 saturated heterocycles. The Morgan fingerprint density at radius 1 is 1.27 bits per heavy atom. The first-order chi connectivity index (χ1) is 10.3. The lowest BCUT2D eigenvalue weighted by Gasteiger charge is -2.24. The number of halogens is 2. The van der Waals surface area contributed by atoms with Crippen molar-refractivity contribution in [1.29, 1.82) is 0 Å². The molecule has 0 heterocycles. The summed E-state index contributed by atoms with van der Waals surface area (Å²) in [6, 6.07) is 10.7. The molecule has 0 spiro atoms. The molecule has 0 aliphatic carbocycles. The molecule has 2 N–H and O–H groups in total. The summed E-state index contributed by atoms with van der Waals surface area (Å²) in [5.41, 5.74) is 0.375. The van der Waals surface area contributed by atoms with Crippen molar-refractivity contribution in [3.05, 3.63) is 70.0 Å². The molecule has 1 atom stereocenters. The van der Waals surface area contributed by atoms with E-state index in [9.17, 15) is 14.3 Å². The van der Waals surface area contributed by atoms with Crippen LogP contribution in [0.15, 0.2) is 42.5 Å². The maximum Gasteiger partial charge on any atom is 0.252 e. The molecule has 0 aliphatic rings. The van der Waals surface area contributed by atoms with E-state index in [1.54, 1.807) is 19.1 Å². The van der Waals surface area contributed by atoms with Gasteiger partial charge in [-0.25, -0.2) is 4.39 Å². The number of aliphatic hydroxyl groups is 1. The van der Waals surface area contributed by atoms with Crippen LogP contribution in [0.5, 0.6) is 0 Å². The Morgan fingerprint density at radius 2 is 1.91 bits per heavy atom. The van der Waals surface area contributed by atoms with Crippen molar-refractivity contribution in [3.63, 3.8) is 0 Å². The lowest BCUT2D eigenvalue weighted by atomic mass is 9.96. The van der Waals surface area contributed by atoms with Gasteiger partial charge in [-0.3, -0.25) is 4.79 Å². The van der Waals surface area contributed by atoms with E-state index >= 15 is 0 Å². The summed E-state index contributed by atoms with van der Waals surface area (Å²) in [6.07, 6.45) is 0. The second-order valence-corrected chi connectivity index (χ2v) is 5.78. The average molecular weight is 322 g/mol. The molecule has 1 unspecified atom stereocenters. The number of amides is 1. The van der Waals surface area contributed by atoms with E-state index in [-0.39, 0.29) is 18.3 Å². The van der Waals surface area contributed by atoms with Gasteiger partial charge in [0.25, 0.3) is 5.91 Å². The molecule has 0 saturated carbocycles. The van der Waals surface area contributed by atoms with Gasteiger partial charge in [-0.15, -0.1) is 0 Å². The summed E-state index contributed by atoms with van der Waals surface area (Å²) in [4.78, 5) is 12.2. The Balaban J connectivity index is 2.09. The normalized spacial score (nSPS) is 13.5. The first-order valence-corrected chi connectivity index (χ1v) is 7.21. The van der Waals surface area contributed by atoms with Gasteiger partial charge in [0.05, 0.1) is 17.1 Å².